The van der Waals surface area contributed by atoms with Gasteiger partial charge in [-0.25, -0.2) is 4.79 Å². The van der Waals surface area contributed by atoms with E-state index in [0.29, 0.717) is 16.9 Å². The quantitative estimate of drug-likeness (QED) is 0.878. The van der Waals surface area contributed by atoms with Gasteiger partial charge in [-0.2, -0.15) is 13.2 Å². The molecular formula is C12H10F3N3O2S. The molecule has 0 saturated carbocycles. The van der Waals surface area contributed by atoms with E-state index in [9.17, 15) is 18.0 Å². The summed E-state index contributed by atoms with van der Waals surface area (Å²) >= 11 is 0.438. The average molecular weight is 317 g/mol. The fraction of sp³-hybridized carbons (Fsp3) is 0.250. The molecule has 0 fully saturated rings. The Morgan fingerprint density at radius 1 is 1.29 bits per heavy atom. The van der Waals surface area contributed by atoms with Crippen molar-refractivity contribution in [3.8, 4) is 0 Å². The summed E-state index contributed by atoms with van der Waals surface area (Å²) in [6.07, 6.45) is -4.49. The van der Waals surface area contributed by atoms with Crippen molar-refractivity contribution in [3.63, 3.8) is 0 Å². The molecule has 0 bridgehead atoms. The fourth-order valence-electron chi connectivity index (χ4n) is 1.46. The van der Waals surface area contributed by atoms with Crippen molar-refractivity contribution in [1.29, 1.82) is 0 Å². The number of methoxy groups -OCH3 is 1. The first-order chi connectivity index (χ1) is 9.90. The molecule has 0 aliphatic heterocycles. The number of ether oxygens (including phenoxy) is 1. The fourth-order valence-corrected chi connectivity index (χ4v) is 2.07. The normalized spacial score (nSPS) is 11.2. The van der Waals surface area contributed by atoms with Crippen LogP contribution in [0.15, 0.2) is 24.3 Å². The summed E-state index contributed by atoms with van der Waals surface area (Å²) in [6, 6.07) is 6.49. The molecular weight excluding hydrogens is 307 g/mol. The van der Waals surface area contributed by atoms with Gasteiger partial charge in [-0.05, 0) is 17.7 Å². The van der Waals surface area contributed by atoms with Crippen LogP contribution in [0.4, 0.5) is 18.3 Å². The Bertz CT molecular complexity index is 625. The molecule has 1 heterocycles. The topological polar surface area (TPSA) is 64.1 Å². The van der Waals surface area contributed by atoms with Crippen molar-refractivity contribution in [1.82, 2.24) is 10.2 Å². The second-order valence-electron chi connectivity index (χ2n) is 3.95. The van der Waals surface area contributed by atoms with E-state index in [2.05, 4.69) is 20.3 Å². The van der Waals surface area contributed by atoms with Crippen LogP contribution in [0.5, 0.6) is 0 Å². The molecule has 9 heteroatoms. The van der Waals surface area contributed by atoms with E-state index in [1.54, 1.807) is 24.3 Å². The van der Waals surface area contributed by atoms with E-state index in [0.717, 1.165) is 5.56 Å². The number of aromatic nitrogens is 2. The van der Waals surface area contributed by atoms with Crippen molar-refractivity contribution in [2.24, 2.45) is 0 Å². The molecule has 0 aliphatic rings. The Balaban J connectivity index is 1.97. The molecule has 0 atom stereocenters. The summed E-state index contributed by atoms with van der Waals surface area (Å²) in [4.78, 5) is 11.2. The lowest BCUT2D eigenvalue weighted by molar-refractivity contribution is -0.138. The molecule has 0 aliphatic carbocycles. The molecule has 0 radical (unpaired) electrons. The maximum absolute atomic E-state index is 12.4. The molecule has 1 aromatic carbocycles. The molecule has 2 rings (SSSR count). The van der Waals surface area contributed by atoms with Gasteiger partial charge in [0.1, 0.15) is 0 Å². The Morgan fingerprint density at radius 2 is 1.95 bits per heavy atom. The second-order valence-corrected chi connectivity index (χ2v) is 4.93. The number of nitrogens with one attached hydrogen (secondary N) is 1. The van der Waals surface area contributed by atoms with Crippen molar-refractivity contribution in [3.05, 3.63) is 40.4 Å². The minimum absolute atomic E-state index is 0.0827. The van der Waals surface area contributed by atoms with Gasteiger partial charge in [-0.3, -0.25) is 0 Å². The number of benzene rings is 1. The number of alkyl halides is 3. The summed E-state index contributed by atoms with van der Waals surface area (Å²) in [7, 11) is 1.28. The van der Waals surface area contributed by atoms with Crippen LogP contribution in [0.1, 0.15) is 20.9 Å². The molecule has 0 amide bonds. The first kappa shape index (κ1) is 15.2. The van der Waals surface area contributed by atoms with Crippen LogP contribution in [0.25, 0.3) is 0 Å². The lowest BCUT2D eigenvalue weighted by Gasteiger charge is -2.04. The molecule has 2 aromatic rings. The third-order valence-electron chi connectivity index (χ3n) is 2.49. The van der Waals surface area contributed by atoms with Gasteiger partial charge in [0.05, 0.1) is 12.7 Å². The van der Waals surface area contributed by atoms with E-state index >= 15 is 0 Å². The summed E-state index contributed by atoms with van der Waals surface area (Å²) < 4.78 is 41.6. The number of esters is 1. The number of hydrogen-bond donors (Lipinski definition) is 1. The highest BCUT2D eigenvalue weighted by Crippen LogP contribution is 2.33. The molecule has 112 valence electrons. The van der Waals surface area contributed by atoms with Crippen LogP contribution < -0.4 is 5.32 Å². The first-order valence-corrected chi connectivity index (χ1v) is 6.53. The van der Waals surface area contributed by atoms with Crippen molar-refractivity contribution in [2.75, 3.05) is 12.4 Å². The minimum Gasteiger partial charge on any atom is -0.465 e. The third-order valence-corrected chi connectivity index (χ3v) is 3.41. The molecule has 0 spiro atoms. The van der Waals surface area contributed by atoms with Crippen LogP contribution in [-0.2, 0) is 17.5 Å². The Morgan fingerprint density at radius 3 is 2.48 bits per heavy atom. The van der Waals surface area contributed by atoms with Gasteiger partial charge >= 0.3 is 12.1 Å². The summed E-state index contributed by atoms with van der Waals surface area (Å²) in [6.45, 7) is 0.272. The summed E-state index contributed by atoms with van der Waals surface area (Å²) in [5.41, 5.74) is 1.18. The van der Waals surface area contributed by atoms with Crippen molar-refractivity contribution >= 4 is 22.4 Å². The maximum Gasteiger partial charge on any atom is 0.445 e. The van der Waals surface area contributed by atoms with Gasteiger partial charge in [0.25, 0.3) is 0 Å². The molecule has 0 saturated heterocycles. The van der Waals surface area contributed by atoms with Crippen LogP contribution in [0.3, 0.4) is 0 Å². The SMILES string of the molecule is COC(=O)c1ccc(CNc2nnc(C(F)(F)F)s2)cc1. The maximum atomic E-state index is 12.4. The van der Waals surface area contributed by atoms with Crippen LogP contribution in [-0.4, -0.2) is 23.3 Å². The number of rotatable bonds is 4. The zero-order valence-corrected chi connectivity index (χ0v) is 11.6. The molecule has 5 nitrogen and oxygen atoms in total. The highest BCUT2D eigenvalue weighted by Gasteiger charge is 2.35. The minimum atomic E-state index is -4.49. The van der Waals surface area contributed by atoms with Gasteiger partial charge in [0.2, 0.25) is 10.1 Å². The zero-order chi connectivity index (χ0) is 15.5. The Hall–Kier alpha value is -2.16. The van der Waals surface area contributed by atoms with E-state index < -0.39 is 17.2 Å². The monoisotopic (exact) mass is 317 g/mol. The van der Waals surface area contributed by atoms with Gasteiger partial charge in [0.15, 0.2) is 0 Å². The Kier molecular flexibility index (Phi) is 4.41. The average Bonchev–Trinajstić information content (AvgIpc) is 2.94. The smallest absolute Gasteiger partial charge is 0.445 e. The van der Waals surface area contributed by atoms with Gasteiger partial charge in [-0.1, -0.05) is 23.5 Å². The predicted octanol–water partition coefficient (Wildman–Crippen LogP) is 2.96. The number of halogens is 3. The number of anilines is 1. The van der Waals surface area contributed by atoms with E-state index in [1.807, 2.05) is 0 Å². The Labute approximate surface area is 121 Å². The lowest BCUT2D eigenvalue weighted by atomic mass is 10.1. The number of hydrogen-bond acceptors (Lipinski definition) is 6. The summed E-state index contributed by atoms with van der Waals surface area (Å²) in [5, 5.41) is 8.32. The number of carbonyl (C=O) groups excluding carboxylic acids is 1. The van der Waals surface area contributed by atoms with Gasteiger partial charge in [0, 0.05) is 6.54 Å². The third kappa shape index (κ3) is 3.91. The molecule has 1 aromatic heterocycles. The second kappa shape index (κ2) is 6.08. The molecule has 1 N–H and O–H groups in total. The first-order valence-electron chi connectivity index (χ1n) is 5.72. The highest BCUT2D eigenvalue weighted by molar-refractivity contribution is 7.15. The van der Waals surface area contributed by atoms with Crippen molar-refractivity contribution in [2.45, 2.75) is 12.7 Å². The molecule has 21 heavy (non-hydrogen) atoms. The van der Waals surface area contributed by atoms with Crippen LogP contribution in [0, 0.1) is 0 Å². The highest BCUT2D eigenvalue weighted by atomic mass is 32.1. The predicted molar refractivity (Wildman–Crippen MR) is 70.0 cm³/mol. The van der Waals surface area contributed by atoms with E-state index in [4.69, 9.17) is 0 Å². The van der Waals surface area contributed by atoms with E-state index in [1.165, 1.54) is 7.11 Å². The standard InChI is InChI=1S/C12H10F3N3O2S/c1-20-9(19)8-4-2-7(3-5-8)6-16-11-18-17-10(21-11)12(13,14)15/h2-5H,6H2,1H3,(H,16,18). The van der Waals surface area contributed by atoms with Crippen LogP contribution in [0.2, 0.25) is 0 Å². The number of carbonyl (C=O) groups is 1. The largest absolute Gasteiger partial charge is 0.465 e. The zero-order valence-electron chi connectivity index (χ0n) is 10.8. The summed E-state index contributed by atoms with van der Waals surface area (Å²) in [5.74, 6) is -0.451. The number of nitrogens with zero attached hydrogens (tertiary/aromatic N) is 2. The molecule has 0 unspecified atom stereocenters. The van der Waals surface area contributed by atoms with Gasteiger partial charge in [-0.15, -0.1) is 10.2 Å². The lowest BCUT2D eigenvalue weighted by Crippen LogP contribution is -2.03. The van der Waals surface area contributed by atoms with Gasteiger partial charge < -0.3 is 10.1 Å². The van der Waals surface area contributed by atoms with E-state index in [-0.39, 0.29) is 11.7 Å². The van der Waals surface area contributed by atoms with Crippen molar-refractivity contribution < 1.29 is 22.7 Å². The van der Waals surface area contributed by atoms with Crippen LogP contribution >= 0.6 is 11.3 Å².